The van der Waals surface area contributed by atoms with Gasteiger partial charge in [0.25, 0.3) is 5.69 Å². The SMILES string of the molecule is COc1ccc(NC(=O)NN(c2ccccc2)c2ccccc2)c([N+](=O)[O-])c1. The zero-order valence-corrected chi connectivity index (χ0v) is 15.0. The summed E-state index contributed by atoms with van der Waals surface area (Å²) in [5.41, 5.74) is 3.98. The molecule has 0 spiro atoms. The molecule has 2 amide bonds. The number of benzene rings is 3. The van der Waals surface area contributed by atoms with E-state index in [9.17, 15) is 14.9 Å². The Bertz CT molecular complexity index is 925. The first-order valence-corrected chi connectivity index (χ1v) is 8.39. The van der Waals surface area contributed by atoms with Crippen LogP contribution in [0.15, 0.2) is 78.9 Å². The van der Waals surface area contributed by atoms with Gasteiger partial charge in [-0.2, -0.15) is 0 Å². The predicted octanol–water partition coefficient (Wildman–Crippen LogP) is 4.48. The molecule has 8 heteroatoms. The Morgan fingerprint density at radius 1 is 0.964 bits per heavy atom. The molecule has 0 atom stereocenters. The van der Waals surface area contributed by atoms with Crippen LogP contribution in [-0.2, 0) is 0 Å². The second-order valence-corrected chi connectivity index (χ2v) is 5.71. The Hall–Kier alpha value is -4.07. The van der Waals surface area contributed by atoms with Crippen LogP contribution >= 0.6 is 0 Å². The third-order valence-electron chi connectivity index (χ3n) is 3.89. The summed E-state index contributed by atoms with van der Waals surface area (Å²) in [7, 11) is 1.41. The molecule has 0 aliphatic rings. The van der Waals surface area contributed by atoms with E-state index in [1.165, 1.54) is 25.3 Å². The number of nitrogens with one attached hydrogen (secondary N) is 2. The number of nitro benzene ring substituents is 1. The van der Waals surface area contributed by atoms with Crippen molar-refractivity contribution in [3.63, 3.8) is 0 Å². The lowest BCUT2D eigenvalue weighted by atomic mass is 10.2. The summed E-state index contributed by atoms with van der Waals surface area (Å²) in [4.78, 5) is 23.3. The van der Waals surface area contributed by atoms with Gasteiger partial charge in [0, 0.05) is 0 Å². The summed E-state index contributed by atoms with van der Waals surface area (Å²) < 4.78 is 5.00. The van der Waals surface area contributed by atoms with Crippen molar-refractivity contribution < 1.29 is 14.5 Å². The minimum absolute atomic E-state index is 0.0596. The van der Waals surface area contributed by atoms with Crippen molar-refractivity contribution in [1.29, 1.82) is 0 Å². The van der Waals surface area contributed by atoms with E-state index < -0.39 is 11.0 Å². The van der Waals surface area contributed by atoms with E-state index in [0.29, 0.717) is 5.75 Å². The lowest BCUT2D eigenvalue weighted by Gasteiger charge is -2.25. The molecule has 0 saturated heterocycles. The summed E-state index contributed by atoms with van der Waals surface area (Å²) in [6.07, 6.45) is 0. The lowest BCUT2D eigenvalue weighted by Crippen LogP contribution is -2.41. The van der Waals surface area contributed by atoms with Gasteiger partial charge >= 0.3 is 6.03 Å². The van der Waals surface area contributed by atoms with Gasteiger partial charge in [0.2, 0.25) is 0 Å². The molecule has 0 fully saturated rings. The molecule has 0 bridgehead atoms. The number of hydrogen-bond donors (Lipinski definition) is 2. The number of methoxy groups -OCH3 is 1. The highest BCUT2D eigenvalue weighted by molar-refractivity contribution is 5.93. The van der Waals surface area contributed by atoms with E-state index in [0.717, 1.165) is 11.4 Å². The first-order valence-electron chi connectivity index (χ1n) is 8.39. The largest absolute Gasteiger partial charge is 0.496 e. The fraction of sp³-hybridized carbons (Fsp3) is 0.0500. The number of amides is 2. The van der Waals surface area contributed by atoms with E-state index in [1.807, 2.05) is 60.7 Å². The Labute approximate surface area is 161 Å². The van der Waals surface area contributed by atoms with Crippen LogP contribution in [0.25, 0.3) is 0 Å². The lowest BCUT2D eigenvalue weighted by molar-refractivity contribution is -0.384. The number of carbonyl (C=O) groups excluding carboxylic acids is 1. The van der Waals surface area contributed by atoms with E-state index in [2.05, 4.69) is 10.7 Å². The number of hydrazine groups is 1. The molecule has 0 radical (unpaired) electrons. The maximum Gasteiger partial charge on any atom is 0.338 e. The average Bonchev–Trinajstić information content (AvgIpc) is 2.73. The van der Waals surface area contributed by atoms with Gasteiger partial charge in [-0.3, -0.25) is 15.1 Å². The molecular weight excluding hydrogens is 360 g/mol. The molecule has 3 aromatic carbocycles. The molecule has 0 aliphatic heterocycles. The molecule has 0 heterocycles. The monoisotopic (exact) mass is 378 g/mol. The molecule has 0 saturated carbocycles. The fourth-order valence-corrected chi connectivity index (χ4v) is 2.58. The number of rotatable bonds is 6. The molecule has 0 unspecified atom stereocenters. The van der Waals surface area contributed by atoms with E-state index in [4.69, 9.17) is 4.74 Å². The van der Waals surface area contributed by atoms with Crippen molar-refractivity contribution in [3.05, 3.63) is 89.0 Å². The molecule has 3 aromatic rings. The van der Waals surface area contributed by atoms with Crippen LogP contribution in [0.3, 0.4) is 0 Å². The molecule has 2 N–H and O–H groups in total. The van der Waals surface area contributed by atoms with Gasteiger partial charge in [-0.05, 0) is 36.4 Å². The number of nitro groups is 1. The molecule has 8 nitrogen and oxygen atoms in total. The van der Waals surface area contributed by atoms with Crippen molar-refractivity contribution in [1.82, 2.24) is 5.43 Å². The summed E-state index contributed by atoms with van der Waals surface area (Å²) >= 11 is 0. The van der Waals surface area contributed by atoms with Crippen LogP contribution in [-0.4, -0.2) is 18.1 Å². The number of anilines is 3. The molecular formula is C20H18N4O4. The Morgan fingerprint density at radius 2 is 1.54 bits per heavy atom. The van der Waals surface area contributed by atoms with Gasteiger partial charge in [-0.1, -0.05) is 36.4 Å². The third-order valence-corrected chi connectivity index (χ3v) is 3.89. The second-order valence-electron chi connectivity index (χ2n) is 5.71. The number of carbonyl (C=O) groups is 1. The third kappa shape index (κ3) is 4.36. The van der Waals surface area contributed by atoms with E-state index in [-0.39, 0.29) is 11.4 Å². The standard InChI is InChI=1S/C20H18N4O4/c1-28-17-12-13-18(19(14-17)24(26)27)21-20(25)22-23(15-8-4-2-5-9-15)16-10-6-3-7-11-16/h2-14H,1H3,(H2,21,22,25). The van der Waals surface area contributed by atoms with Crippen LogP contribution in [0.1, 0.15) is 0 Å². The number of ether oxygens (including phenoxy) is 1. The predicted molar refractivity (Wildman–Crippen MR) is 107 cm³/mol. The molecule has 3 rings (SSSR count). The van der Waals surface area contributed by atoms with Gasteiger partial charge in [-0.15, -0.1) is 0 Å². The highest BCUT2D eigenvalue weighted by atomic mass is 16.6. The van der Waals surface area contributed by atoms with Crippen LogP contribution < -0.4 is 20.5 Å². The van der Waals surface area contributed by atoms with Crippen molar-refractivity contribution in [2.75, 3.05) is 17.4 Å². The number of para-hydroxylation sites is 2. The van der Waals surface area contributed by atoms with Crippen molar-refractivity contribution in [2.24, 2.45) is 0 Å². The van der Waals surface area contributed by atoms with Gasteiger partial charge in [0.1, 0.15) is 11.4 Å². The average molecular weight is 378 g/mol. The Kier molecular flexibility index (Phi) is 5.71. The van der Waals surface area contributed by atoms with E-state index >= 15 is 0 Å². The minimum Gasteiger partial charge on any atom is -0.496 e. The van der Waals surface area contributed by atoms with Crippen LogP contribution in [0.4, 0.5) is 27.5 Å². The van der Waals surface area contributed by atoms with Gasteiger partial charge < -0.3 is 10.1 Å². The zero-order chi connectivity index (χ0) is 19.9. The molecule has 142 valence electrons. The topological polar surface area (TPSA) is 96.7 Å². The fourth-order valence-electron chi connectivity index (χ4n) is 2.58. The number of nitrogens with zero attached hydrogens (tertiary/aromatic N) is 2. The van der Waals surface area contributed by atoms with Gasteiger partial charge in [0.15, 0.2) is 0 Å². The normalized spacial score (nSPS) is 10.0. The second kappa shape index (κ2) is 8.54. The van der Waals surface area contributed by atoms with E-state index in [1.54, 1.807) is 5.01 Å². The first kappa shape index (κ1) is 18.7. The summed E-state index contributed by atoms with van der Waals surface area (Å²) in [5, 5.41) is 15.4. The van der Waals surface area contributed by atoms with Crippen molar-refractivity contribution >= 4 is 28.8 Å². The van der Waals surface area contributed by atoms with Crippen LogP contribution in [0.2, 0.25) is 0 Å². The van der Waals surface area contributed by atoms with Crippen LogP contribution in [0, 0.1) is 10.1 Å². The zero-order valence-electron chi connectivity index (χ0n) is 15.0. The maximum absolute atomic E-state index is 12.6. The van der Waals surface area contributed by atoms with Gasteiger partial charge in [-0.25, -0.2) is 10.2 Å². The maximum atomic E-state index is 12.6. The molecule has 0 aliphatic carbocycles. The summed E-state index contributed by atoms with van der Waals surface area (Å²) in [6.45, 7) is 0. The minimum atomic E-state index is -0.624. The van der Waals surface area contributed by atoms with Crippen LogP contribution in [0.5, 0.6) is 5.75 Å². The quantitative estimate of drug-likeness (QED) is 0.487. The highest BCUT2D eigenvalue weighted by Crippen LogP contribution is 2.29. The van der Waals surface area contributed by atoms with Crippen molar-refractivity contribution in [2.45, 2.75) is 0 Å². The molecule has 28 heavy (non-hydrogen) atoms. The number of urea groups is 1. The highest BCUT2D eigenvalue weighted by Gasteiger charge is 2.19. The Morgan fingerprint density at radius 3 is 2.04 bits per heavy atom. The van der Waals surface area contributed by atoms with Gasteiger partial charge in [0.05, 0.1) is 29.5 Å². The summed E-state index contributed by atoms with van der Waals surface area (Å²) in [5.74, 6) is 0.327. The molecule has 0 aromatic heterocycles. The first-order chi connectivity index (χ1) is 13.6. The Balaban J connectivity index is 1.85. The summed E-state index contributed by atoms with van der Waals surface area (Å²) in [6, 6.07) is 22.1. The van der Waals surface area contributed by atoms with Crippen molar-refractivity contribution in [3.8, 4) is 5.75 Å². The number of hydrogen-bond acceptors (Lipinski definition) is 5. The smallest absolute Gasteiger partial charge is 0.338 e.